The summed E-state index contributed by atoms with van der Waals surface area (Å²) in [6.45, 7) is 1.06. The number of carbonyl (C=O) groups is 3. The number of likely N-dealkylation sites (tertiary alicyclic amines) is 1. The van der Waals surface area contributed by atoms with Gasteiger partial charge in [-0.3, -0.25) is 14.4 Å². The molecule has 2 aromatic heterocycles. The molecule has 0 aliphatic carbocycles. The van der Waals surface area contributed by atoms with E-state index in [-0.39, 0.29) is 30.8 Å². The van der Waals surface area contributed by atoms with Gasteiger partial charge in [0.05, 0.1) is 24.2 Å². The molecule has 0 bridgehead atoms. The molecule has 1 saturated heterocycles. The lowest BCUT2D eigenvalue weighted by molar-refractivity contribution is -0.132. The predicted octanol–water partition coefficient (Wildman–Crippen LogP) is 2.21. The van der Waals surface area contributed by atoms with Crippen LogP contribution in [0, 0.1) is 11.8 Å². The molecule has 214 valence electrons. The lowest BCUT2D eigenvalue weighted by Gasteiger charge is -2.21. The molecule has 6 N–H and O–H groups in total. The van der Waals surface area contributed by atoms with Gasteiger partial charge in [-0.15, -0.1) is 0 Å². The van der Waals surface area contributed by atoms with Crippen LogP contribution in [0.5, 0.6) is 0 Å². The van der Waals surface area contributed by atoms with Gasteiger partial charge in [-0.25, -0.2) is 4.98 Å². The summed E-state index contributed by atoms with van der Waals surface area (Å²) < 4.78 is 0. The second-order valence-corrected chi connectivity index (χ2v) is 10.8. The van der Waals surface area contributed by atoms with Crippen molar-refractivity contribution in [3.05, 3.63) is 89.1 Å². The van der Waals surface area contributed by atoms with Gasteiger partial charge >= 0.3 is 0 Å². The van der Waals surface area contributed by atoms with Crippen molar-refractivity contribution in [2.24, 2.45) is 17.6 Å². The first-order valence-corrected chi connectivity index (χ1v) is 14.1. The summed E-state index contributed by atoms with van der Waals surface area (Å²) in [5.74, 6) is -2.17. The van der Waals surface area contributed by atoms with Crippen LogP contribution in [-0.2, 0) is 33.6 Å². The Kier molecular flexibility index (Phi) is 9.01. The highest BCUT2D eigenvalue weighted by atomic mass is 35.5. The number of nitrogens with zero attached hydrogens (tertiary/aromatic N) is 2. The zero-order valence-electron chi connectivity index (χ0n) is 22.6. The molecule has 3 heterocycles. The van der Waals surface area contributed by atoms with E-state index in [0.29, 0.717) is 37.4 Å². The highest BCUT2D eigenvalue weighted by molar-refractivity contribution is 6.30. The van der Waals surface area contributed by atoms with Crippen LogP contribution in [0.2, 0.25) is 5.02 Å². The average Bonchev–Trinajstić information content (AvgIpc) is 3.74. The first-order chi connectivity index (χ1) is 19.9. The van der Waals surface area contributed by atoms with Gasteiger partial charge in [-0.1, -0.05) is 41.9 Å². The molecule has 0 spiro atoms. The third kappa shape index (κ3) is 6.96. The second-order valence-electron chi connectivity index (χ2n) is 10.4. The van der Waals surface area contributed by atoms with Crippen LogP contribution >= 0.6 is 11.6 Å². The molecule has 11 heteroatoms. The molecule has 5 rings (SSSR count). The fourth-order valence-electron chi connectivity index (χ4n) is 5.37. The number of hydrogen-bond acceptors (Lipinski definition) is 5. The van der Waals surface area contributed by atoms with E-state index in [1.807, 2.05) is 42.6 Å². The molecule has 2 aromatic carbocycles. The number of benzene rings is 2. The minimum absolute atomic E-state index is 0.129. The number of rotatable bonds is 11. The summed E-state index contributed by atoms with van der Waals surface area (Å²) in [6.07, 6.45) is 6.78. The zero-order valence-corrected chi connectivity index (χ0v) is 23.4. The molecule has 1 aliphatic rings. The van der Waals surface area contributed by atoms with Crippen molar-refractivity contribution in [1.29, 1.82) is 0 Å². The van der Waals surface area contributed by atoms with Crippen LogP contribution in [0.3, 0.4) is 0 Å². The van der Waals surface area contributed by atoms with E-state index in [1.165, 1.54) is 0 Å². The van der Waals surface area contributed by atoms with E-state index in [2.05, 4.69) is 25.6 Å². The molecule has 41 heavy (non-hydrogen) atoms. The number of fused-ring (bicyclic) bond motifs is 1. The maximum Gasteiger partial charge on any atom is 0.239 e. The van der Waals surface area contributed by atoms with E-state index >= 15 is 0 Å². The molecule has 3 atom stereocenters. The minimum atomic E-state index is -0.802. The Labute approximate surface area is 243 Å². The van der Waals surface area contributed by atoms with E-state index in [4.69, 9.17) is 17.3 Å². The van der Waals surface area contributed by atoms with Gasteiger partial charge in [0, 0.05) is 66.6 Å². The van der Waals surface area contributed by atoms with Crippen molar-refractivity contribution < 1.29 is 14.4 Å². The topological polar surface area (TPSA) is 149 Å². The van der Waals surface area contributed by atoms with Gasteiger partial charge in [0.15, 0.2) is 0 Å². The SMILES string of the molecule is N[C@@H](Cc1ccc(Cl)cc1)C(=O)N1C[C@@H](C(=O)NCCc2cnc[nH]2)[C@H](C(=O)NCCc2c[nH]c3ccccc23)C1. The van der Waals surface area contributed by atoms with Crippen molar-refractivity contribution >= 4 is 40.2 Å². The number of imidazole rings is 1. The molecule has 0 radical (unpaired) electrons. The average molecular weight is 576 g/mol. The largest absolute Gasteiger partial charge is 0.361 e. The van der Waals surface area contributed by atoms with E-state index in [0.717, 1.165) is 27.7 Å². The molecular formula is C30H34ClN7O3. The van der Waals surface area contributed by atoms with Gasteiger partial charge in [0.1, 0.15) is 0 Å². The second kappa shape index (κ2) is 13.0. The number of aromatic nitrogens is 3. The molecule has 3 amide bonds. The van der Waals surface area contributed by atoms with Gasteiger partial charge in [-0.05, 0) is 42.2 Å². The fraction of sp³-hybridized carbons (Fsp3) is 0.333. The Balaban J connectivity index is 1.22. The van der Waals surface area contributed by atoms with Crippen LogP contribution in [0.25, 0.3) is 10.9 Å². The molecule has 4 aromatic rings. The molecule has 0 saturated carbocycles. The maximum atomic E-state index is 13.4. The number of carbonyl (C=O) groups excluding carboxylic acids is 3. The first kappa shape index (κ1) is 28.4. The summed E-state index contributed by atoms with van der Waals surface area (Å²) in [6, 6.07) is 14.4. The van der Waals surface area contributed by atoms with Gasteiger partial charge in [0.25, 0.3) is 0 Å². The summed E-state index contributed by atoms with van der Waals surface area (Å²) in [7, 11) is 0. The molecular weight excluding hydrogens is 542 g/mol. The van der Waals surface area contributed by atoms with Crippen molar-refractivity contribution in [3.8, 4) is 0 Å². The quantitative estimate of drug-likeness (QED) is 0.186. The van der Waals surface area contributed by atoms with Crippen molar-refractivity contribution in [2.75, 3.05) is 26.2 Å². The van der Waals surface area contributed by atoms with Crippen molar-refractivity contribution in [1.82, 2.24) is 30.5 Å². The van der Waals surface area contributed by atoms with Crippen molar-refractivity contribution in [2.45, 2.75) is 25.3 Å². The maximum absolute atomic E-state index is 13.4. The molecule has 10 nitrogen and oxygen atoms in total. The lowest BCUT2D eigenvalue weighted by atomic mass is 9.94. The van der Waals surface area contributed by atoms with Crippen LogP contribution in [0.1, 0.15) is 16.8 Å². The van der Waals surface area contributed by atoms with E-state index in [1.54, 1.807) is 29.6 Å². The fourth-order valence-corrected chi connectivity index (χ4v) is 5.50. The highest BCUT2D eigenvalue weighted by Crippen LogP contribution is 2.26. The lowest BCUT2D eigenvalue weighted by Crippen LogP contribution is -2.44. The number of aromatic amines is 2. The number of H-pyrrole nitrogens is 2. The number of nitrogens with one attached hydrogen (secondary N) is 4. The predicted molar refractivity (Wildman–Crippen MR) is 157 cm³/mol. The standard InChI is InChI=1S/C30H34ClN7O3/c31-21-7-5-19(6-8-21)13-26(32)30(41)38-16-24(25(17-38)29(40)35-12-10-22-15-33-18-37-22)28(39)34-11-9-20-14-36-27-4-2-1-3-23(20)27/h1-8,14-15,18,24-26,36H,9-13,16-17,32H2,(H,33,37)(H,34,39)(H,35,40)/t24-,25-,26+/m1/s1. The van der Waals surface area contributed by atoms with Crippen LogP contribution in [-0.4, -0.2) is 69.8 Å². The van der Waals surface area contributed by atoms with Crippen molar-refractivity contribution in [3.63, 3.8) is 0 Å². The van der Waals surface area contributed by atoms with Crippen LogP contribution in [0.4, 0.5) is 0 Å². The monoisotopic (exact) mass is 575 g/mol. The summed E-state index contributed by atoms with van der Waals surface area (Å²) in [5, 5.41) is 7.64. The Morgan fingerprint density at radius 3 is 2.34 bits per heavy atom. The number of halogens is 1. The smallest absolute Gasteiger partial charge is 0.239 e. The van der Waals surface area contributed by atoms with Gasteiger partial charge in [0.2, 0.25) is 17.7 Å². The summed E-state index contributed by atoms with van der Waals surface area (Å²) in [4.78, 5) is 51.7. The minimum Gasteiger partial charge on any atom is -0.361 e. The third-order valence-electron chi connectivity index (χ3n) is 7.61. The number of nitrogens with two attached hydrogens (primary N) is 1. The number of amides is 3. The first-order valence-electron chi connectivity index (χ1n) is 13.8. The Bertz CT molecular complexity index is 1490. The Hall–Kier alpha value is -4.15. The van der Waals surface area contributed by atoms with Crippen LogP contribution in [0.15, 0.2) is 67.3 Å². The van der Waals surface area contributed by atoms with E-state index in [9.17, 15) is 14.4 Å². The molecule has 1 aliphatic heterocycles. The van der Waals surface area contributed by atoms with E-state index < -0.39 is 17.9 Å². The van der Waals surface area contributed by atoms with Gasteiger partial charge < -0.3 is 31.2 Å². The number of para-hydroxylation sites is 1. The molecule has 1 fully saturated rings. The zero-order chi connectivity index (χ0) is 28.8. The third-order valence-corrected chi connectivity index (χ3v) is 7.86. The van der Waals surface area contributed by atoms with Gasteiger partial charge in [-0.2, -0.15) is 0 Å². The Morgan fingerprint density at radius 2 is 1.66 bits per heavy atom. The van der Waals surface area contributed by atoms with Crippen LogP contribution < -0.4 is 16.4 Å². The highest BCUT2D eigenvalue weighted by Gasteiger charge is 2.44. The number of hydrogen-bond donors (Lipinski definition) is 5. The summed E-state index contributed by atoms with van der Waals surface area (Å²) >= 11 is 5.97. The Morgan fingerprint density at radius 1 is 0.976 bits per heavy atom. The molecule has 0 unspecified atom stereocenters. The normalized spacial score (nSPS) is 17.5. The summed E-state index contributed by atoms with van der Waals surface area (Å²) in [5.41, 5.74) is 10.2.